The Morgan fingerprint density at radius 1 is 1.24 bits per heavy atom. The Morgan fingerprint density at radius 2 is 2.03 bits per heavy atom. The molecule has 0 aliphatic carbocycles. The van der Waals surface area contributed by atoms with Gasteiger partial charge in [-0.25, -0.2) is 9.97 Å². The number of nitrogens with one attached hydrogen (secondary N) is 1. The fourth-order valence-corrected chi connectivity index (χ4v) is 5.18. The third-order valence-corrected chi connectivity index (χ3v) is 7.05. The van der Waals surface area contributed by atoms with Crippen molar-refractivity contribution in [1.82, 2.24) is 14.5 Å². The molecule has 0 spiro atoms. The normalized spacial score (nSPS) is 12.3. The third-order valence-electron chi connectivity index (χ3n) is 5.90. The second kappa shape index (κ2) is 8.27. The second-order valence-corrected chi connectivity index (χ2v) is 9.30. The molecule has 2 aromatic carbocycles. The molecule has 1 atom stereocenters. The third kappa shape index (κ3) is 3.65. The number of nitrogen functional groups attached to an aromatic ring is 2. The molecule has 5 rings (SSSR count). The molecule has 0 bridgehead atoms. The van der Waals surface area contributed by atoms with Crippen molar-refractivity contribution in [1.29, 1.82) is 5.41 Å². The highest BCUT2D eigenvalue weighted by Gasteiger charge is 2.20. The predicted octanol–water partition coefficient (Wildman–Crippen LogP) is 4.86. The van der Waals surface area contributed by atoms with Gasteiger partial charge in [0.25, 0.3) is 0 Å². The number of hydrogen-bond donors (Lipinski definition) is 4. The summed E-state index contributed by atoms with van der Waals surface area (Å²) >= 11 is 1.64. The van der Waals surface area contributed by atoms with Crippen LogP contribution in [0.1, 0.15) is 12.5 Å². The van der Waals surface area contributed by atoms with Crippen molar-refractivity contribution in [3.05, 3.63) is 60.4 Å². The molecule has 34 heavy (non-hydrogen) atoms. The van der Waals surface area contributed by atoms with E-state index in [4.69, 9.17) is 16.9 Å². The number of carboxylic acids is 1. The van der Waals surface area contributed by atoms with Gasteiger partial charge in [0.2, 0.25) is 5.95 Å². The maximum absolute atomic E-state index is 11.5. The monoisotopic (exact) mass is 470 g/mol. The predicted molar refractivity (Wildman–Crippen MR) is 137 cm³/mol. The Balaban J connectivity index is 1.73. The van der Waals surface area contributed by atoms with Crippen molar-refractivity contribution in [3.8, 4) is 21.6 Å². The van der Waals surface area contributed by atoms with Crippen molar-refractivity contribution in [3.63, 3.8) is 0 Å². The summed E-state index contributed by atoms with van der Waals surface area (Å²) < 4.78 is 2.99. The van der Waals surface area contributed by atoms with Gasteiger partial charge in [-0.3, -0.25) is 4.79 Å². The molecule has 0 radical (unpaired) electrons. The van der Waals surface area contributed by atoms with Crippen LogP contribution in [0.25, 0.3) is 42.7 Å². The van der Waals surface area contributed by atoms with Crippen molar-refractivity contribution in [2.75, 3.05) is 11.5 Å². The molecule has 9 heteroatoms. The van der Waals surface area contributed by atoms with E-state index in [0.717, 1.165) is 31.7 Å². The molecule has 0 amide bonds. The average molecular weight is 471 g/mol. The van der Waals surface area contributed by atoms with Gasteiger partial charge in [-0.1, -0.05) is 25.1 Å². The largest absolute Gasteiger partial charge is 0.481 e. The molecule has 5 aromatic rings. The molecule has 0 aliphatic rings. The van der Waals surface area contributed by atoms with E-state index in [1.807, 2.05) is 35.0 Å². The standard InChI is InChI=1S/C25H22N6O2S/c1-13(24(32)33)11-31-12-18(23-19(31)10-29-25(28)30-23)15-6-16(9-26)22(27)17(7-15)21-8-14-4-2-3-5-20(14)34-21/h2-10,12-13,26H,11,27H2,1H3,(H,32,33)(H2,28,29,30). The van der Waals surface area contributed by atoms with E-state index in [2.05, 4.69) is 28.2 Å². The summed E-state index contributed by atoms with van der Waals surface area (Å²) in [5.74, 6) is -1.35. The van der Waals surface area contributed by atoms with Gasteiger partial charge in [0.1, 0.15) is 5.52 Å². The lowest BCUT2D eigenvalue weighted by atomic mass is 9.98. The highest BCUT2D eigenvalue weighted by Crippen LogP contribution is 2.41. The van der Waals surface area contributed by atoms with Crippen LogP contribution in [0.4, 0.5) is 11.6 Å². The minimum Gasteiger partial charge on any atom is -0.481 e. The van der Waals surface area contributed by atoms with Crippen LogP contribution < -0.4 is 11.5 Å². The first kappa shape index (κ1) is 21.6. The zero-order chi connectivity index (χ0) is 24.0. The van der Waals surface area contributed by atoms with Crippen molar-refractivity contribution in [2.45, 2.75) is 13.5 Å². The van der Waals surface area contributed by atoms with Gasteiger partial charge >= 0.3 is 5.97 Å². The molecule has 6 N–H and O–H groups in total. The van der Waals surface area contributed by atoms with Crippen LogP contribution in [-0.2, 0) is 11.3 Å². The van der Waals surface area contributed by atoms with Crippen molar-refractivity contribution >= 4 is 56.3 Å². The average Bonchev–Trinajstić information content (AvgIpc) is 3.40. The van der Waals surface area contributed by atoms with E-state index in [1.165, 1.54) is 6.21 Å². The number of benzene rings is 2. The lowest BCUT2D eigenvalue weighted by Crippen LogP contribution is -2.16. The number of hydrogen-bond acceptors (Lipinski definition) is 7. The Hall–Kier alpha value is -4.24. The second-order valence-electron chi connectivity index (χ2n) is 8.22. The van der Waals surface area contributed by atoms with E-state index in [9.17, 15) is 9.90 Å². The van der Waals surface area contributed by atoms with Crippen LogP contribution in [0, 0.1) is 11.3 Å². The number of fused-ring (bicyclic) bond motifs is 2. The van der Waals surface area contributed by atoms with Crippen molar-refractivity contribution in [2.24, 2.45) is 5.92 Å². The first-order chi connectivity index (χ1) is 16.4. The van der Waals surface area contributed by atoms with Crippen LogP contribution in [0.5, 0.6) is 0 Å². The smallest absolute Gasteiger partial charge is 0.308 e. The summed E-state index contributed by atoms with van der Waals surface area (Å²) in [6, 6.07) is 14.1. The van der Waals surface area contributed by atoms with E-state index in [-0.39, 0.29) is 12.5 Å². The van der Waals surface area contributed by atoms with Crippen molar-refractivity contribution < 1.29 is 9.90 Å². The quantitative estimate of drug-likeness (QED) is 0.206. The molecule has 0 saturated carbocycles. The number of carboxylic acid groups (broad SMARTS) is 1. The molecular weight excluding hydrogens is 448 g/mol. The van der Waals surface area contributed by atoms with Gasteiger partial charge in [0.05, 0.1) is 17.6 Å². The first-order valence-electron chi connectivity index (χ1n) is 10.6. The van der Waals surface area contributed by atoms with Gasteiger partial charge in [-0.2, -0.15) is 0 Å². The van der Waals surface area contributed by atoms with Crippen LogP contribution >= 0.6 is 11.3 Å². The van der Waals surface area contributed by atoms with Crippen LogP contribution in [0.3, 0.4) is 0 Å². The summed E-state index contributed by atoms with van der Waals surface area (Å²) in [7, 11) is 0. The van der Waals surface area contributed by atoms with Crippen LogP contribution in [-0.4, -0.2) is 31.8 Å². The summed E-state index contributed by atoms with van der Waals surface area (Å²) in [5, 5.41) is 18.5. The topological polar surface area (TPSA) is 144 Å². The molecule has 3 aromatic heterocycles. The number of aromatic nitrogens is 3. The Kier molecular flexibility index (Phi) is 5.25. The molecule has 8 nitrogen and oxygen atoms in total. The highest BCUT2D eigenvalue weighted by molar-refractivity contribution is 7.22. The number of nitrogens with two attached hydrogens (primary N) is 2. The maximum atomic E-state index is 11.5. The number of nitrogens with zero attached hydrogens (tertiary/aromatic N) is 3. The lowest BCUT2D eigenvalue weighted by Gasteiger charge is -2.11. The van der Waals surface area contributed by atoms with E-state index in [0.29, 0.717) is 22.3 Å². The van der Waals surface area contributed by atoms with E-state index in [1.54, 1.807) is 24.5 Å². The number of carbonyl (C=O) groups is 1. The van der Waals surface area contributed by atoms with Gasteiger partial charge in [-0.15, -0.1) is 11.3 Å². The van der Waals surface area contributed by atoms with E-state index < -0.39 is 11.9 Å². The van der Waals surface area contributed by atoms with Gasteiger partial charge in [-0.05, 0) is 35.2 Å². The molecule has 3 heterocycles. The number of anilines is 2. The lowest BCUT2D eigenvalue weighted by molar-refractivity contribution is -0.141. The molecule has 170 valence electrons. The Morgan fingerprint density at radius 3 is 2.76 bits per heavy atom. The SMILES string of the molecule is CC(Cn1cc(-c2cc(C=N)c(N)c(-c3cc4ccccc4s3)c2)c2nc(N)ncc21)C(=O)O. The molecule has 1 unspecified atom stereocenters. The fourth-order valence-electron chi connectivity index (χ4n) is 4.09. The molecule has 0 saturated heterocycles. The zero-order valence-corrected chi connectivity index (χ0v) is 19.1. The maximum Gasteiger partial charge on any atom is 0.308 e. The fraction of sp³-hybridized carbons (Fsp3) is 0.120. The number of thiophene rings is 1. The van der Waals surface area contributed by atoms with E-state index >= 15 is 0 Å². The Bertz CT molecular complexity index is 1550. The van der Waals surface area contributed by atoms with Gasteiger partial charge in [0, 0.05) is 50.9 Å². The minimum atomic E-state index is -0.884. The molecule has 0 aliphatic heterocycles. The number of aliphatic carboxylic acids is 1. The summed E-state index contributed by atoms with van der Waals surface area (Å²) in [6.07, 6.45) is 4.72. The summed E-state index contributed by atoms with van der Waals surface area (Å²) in [5.41, 5.74) is 17.2. The first-order valence-corrected chi connectivity index (χ1v) is 11.4. The van der Waals surface area contributed by atoms with Crippen LogP contribution in [0.2, 0.25) is 0 Å². The Labute approximate surface area is 199 Å². The van der Waals surface area contributed by atoms with Gasteiger partial charge < -0.3 is 26.6 Å². The molecule has 0 fully saturated rings. The summed E-state index contributed by atoms with van der Waals surface area (Å²) in [6.45, 7) is 1.91. The van der Waals surface area contributed by atoms with Gasteiger partial charge in [0.15, 0.2) is 0 Å². The molecular formula is C25H22N6O2S. The zero-order valence-electron chi connectivity index (χ0n) is 18.3. The minimum absolute atomic E-state index is 0.130. The van der Waals surface area contributed by atoms with Crippen LogP contribution in [0.15, 0.2) is 54.9 Å². The highest BCUT2D eigenvalue weighted by atomic mass is 32.1. The summed E-state index contributed by atoms with van der Waals surface area (Å²) in [4.78, 5) is 21.0. The number of rotatable bonds is 6.